The van der Waals surface area contributed by atoms with Gasteiger partial charge in [-0.05, 0) is 66.5 Å². The first kappa shape index (κ1) is 20.6. The Balaban J connectivity index is 1.81. The van der Waals surface area contributed by atoms with Crippen LogP contribution in [0.25, 0.3) is 0 Å². The zero-order valence-corrected chi connectivity index (χ0v) is 17.7. The minimum absolute atomic E-state index is 0.0225. The van der Waals surface area contributed by atoms with Crippen molar-refractivity contribution < 1.29 is 13.2 Å². The van der Waals surface area contributed by atoms with E-state index < -0.39 is 10.0 Å². The number of hydrogen-bond donors (Lipinski definition) is 1. The van der Waals surface area contributed by atoms with Crippen molar-refractivity contribution in [3.05, 3.63) is 45.6 Å². The third-order valence-electron chi connectivity index (χ3n) is 4.89. The molecule has 1 N–H and O–H groups in total. The Morgan fingerprint density at radius 1 is 1.22 bits per heavy atom. The smallest absolute Gasteiger partial charge is 0.244 e. The van der Waals surface area contributed by atoms with Crippen LogP contribution in [0.3, 0.4) is 0 Å². The SMILES string of the molecule is COc1ccc(Cl)cc1S(=O)(=O)NC[C@@H](c1ccsc1)N1CCCCCC1. The summed E-state index contributed by atoms with van der Waals surface area (Å²) in [5.74, 6) is 0.286. The van der Waals surface area contributed by atoms with Crippen molar-refractivity contribution >= 4 is 33.0 Å². The van der Waals surface area contributed by atoms with Crippen molar-refractivity contribution in [3.8, 4) is 5.75 Å². The topological polar surface area (TPSA) is 58.6 Å². The molecule has 5 nitrogen and oxygen atoms in total. The van der Waals surface area contributed by atoms with Crippen molar-refractivity contribution in [1.29, 1.82) is 0 Å². The predicted molar refractivity (Wildman–Crippen MR) is 110 cm³/mol. The van der Waals surface area contributed by atoms with Crippen LogP contribution in [-0.2, 0) is 10.0 Å². The molecular formula is C19H25ClN2O3S2. The lowest BCUT2D eigenvalue weighted by Gasteiger charge is -2.30. The van der Waals surface area contributed by atoms with Gasteiger partial charge in [0.05, 0.1) is 7.11 Å². The van der Waals surface area contributed by atoms with E-state index in [9.17, 15) is 8.42 Å². The van der Waals surface area contributed by atoms with Gasteiger partial charge in [0.1, 0.15) is 10.6 Å². The first-order chi connectivity index (χ1) is 13.0. The van der Waals surface area contributed by atoms with Crippen LogP contribution in [0.15, 0.2) is 39.9 Å². The zero-order valence-electron chi connectivity index (χ0n) is 15.4. The largest absolute Gasteiger partial charge is 0.495 e. The number of rotatable bonds is 7. The molecule has 148 valence electrons. The lowest BCUT2D eigenvalue weighted by molar-refractivity contribution is 0.206. The number of benzene rings is 1. The standard InChI is InChI=1S/C19H25ClN2O3S2/c1-25-18-7-6-16(20)12-19(18)27(23,24)21-13-17(15-8-11-26-14-15)22-9-4-2-3-5-10-22/h6-8,11-12,14,17,21H,2-5,9-10,13H2,1H3/t17-/m0/s1. The Bertz CT molecular complexity index is 833. The number of nitrogens with one attached hydrogen (secondary N) is 1. The van der Waals surface area contributed by atoms with Crippen molar-refractivity contribution in [2.45, 2.75) is 36.6 Å². The molecule has 1 aliphatic heterocycles. The number of thiophene rings is 1. The van der Waals surface area contributed by atoms with E-state index in [-0.39, 0.29) is 16.7 Å². The van der Waals surface area contributed by atoms with Gasteiger partial charge in [0, 0.05) is 17.6 Å². The molecule has 2 aromatic rings. The van der Waals surface area contributed by atoms with E-state index in [0.29, 0.717) is 11.6 Å². The average molecular weight is 429 g/mol. The third kappa shape index (κ3) is 5.23. The predicted octanol–water partition coefficient (Wildman–Crippen LogP) is 4.31. The fourth-order valence-electron chi connectivity index (χ4n) is 3.46. The van der Waals surface area contributed by atoms with Crippen molar-refractivity contribution in [2.24, 2.45) is 0 Å². The maximum atomic E-state index is 12.9. The van der Waals surface area contributed by atoms with Gasteiger partial charge in [0.15, 0.2) is 0 Å². The van der Waals surface area contributed by atoms with Gasteiger partial charge in [-0.15, -0.1) is 0 Å². The van der Waals surface area contributed by atoms with E-state index in [0.717, 1.165) is 31.5 Å². The van der Waals surface area contributed by atoms with Gasteiger partial charge < -0.3 is 4.74 Å². The number of methoxy groups -OCH3 is 1. The van der Waals surface area contributed by atoms with Crippen LogP contribution < -0.4 is 9.46 Å². The molecule has 0 amide bonds. The highest BCUT2D eigenvalue weighted by molar-refractivity contribution is 7.89. The summed E-state index contributed by atoms with van der Waals surface area (Å²) < 4.78 is 33.8. The van der Waals surface area contributed by atoms with Gasteiger partial charge in [-0.1, -0.05) is 24.4 Å². The van der Waals surface area contributed by atoms with E-state index in [4.69, 9.17) is 16.3 Å². The van der Waals surface area contributed by atoms with Crippen LogP contribution in [-0.4, -0.2) is 40.1 Å². The summed E-state index contributed by atoms with van der Waals surface area (Å²) >= 11 is 7.64. The summed E-state index contributed by atoms with van der Waals surface area (Å²) in [6.45, 7) is 2.29. The fourth-order valence-corrected chi connectivity index (χ4v) is 5.63. The molecule has 1 aromatic carbocycles. The van der Waals surface area contributed by atoms with Crippen molar-refractivity contribution in [2.75, 3.05) is 26.7 Å². The van der Waals surface area contributed by atoms with E-state index >= 15 is 0 Å². The fraction of sp³-hybridized carbons (Fsp3) is 0.474. The first-order valence-corrected chi connectivity index (χ1v) is 11.9. The zero-order chi connectivity index (χ0) is 19.3. The van der Waals surface area contributed by atoms with Gasteiger partial charge in [0.25, 0.3) is 0 Å². The molecular weight excluding hydrogens is 404 g/mol. The highest BCUT2D eigenvalue weighted by atomic mass is 35.5. The molecule has 1 aliphatic rings. The second-order valence-electron chi connectivity index (χ2n) is 6.67. The number of hydrogen-bond acceptors (Lipinski definition) is 5. The highest BCUT2D eigenvalue weighted by Gasteiger charge is 2.26. The van der Waals surface area contributed by atoms with Gasteiger partial charge in [0.2, 0.25) is 10.0 Å². The molecule has 0 unspecified atom stereocenters. The van der Waals surface area contributed by atoms with Crippen LogP contribution in [0.4, 0.5) is 0 Å². The summed E-state index contributed by atoms with van der Waals surface area (Å²) in [7, 11) is -2.29. The normalized spacial score (nSPS) is 17.4. The van der Waals surface area contributed by atoms with Crippen molar-refractivity contribution in [3.63, 3.8) is 0 Å². The van der Waals surface area contributed by atoms with Crippen LogP contribution >= 0.6 is 22.9 Å². The Morgan fingerprint density at radius 2 is 1.96 bits per heavy atom. The minimum atomic E-state index is -3.74. The summed E-state index contributed by atoms with van der Waals surface area (Å²) in [6.07, 6.45) is 4.77. The van der Waals surface area contributed by atoms with Gasteiger partial charge >= 0.3 is 0 Å². The molecule has 3 rings (SSSR count). The van der Waals surface area contributed by atoms with Gasteiger partial charge in [-0.25, -0.2) is 13.1 Å². The van der Waals surface area contributed by atoms with Crippen molar-refractivity contribution in [1.82, 2.24) is 9.62 Å². The maximum absolute atomic E-state index is 12.9. The van der Waals surface area contributed by atoms with E-state index in [1.807, 2.05) is 5.38 Å². The molecule has 27 heavy (non-hydrogen) atoms. The van der Waals surface area contributed by atoms with Gasteiger partial charge in [-0.3, -0.25) is 4.90 Å². The Kier molecular flexibility index (Phi) is 7.16. The van der Waals surface area contributed by atoms with Crippen LogP contribution in [0.2, 0.25) is 5.02 Å². The summed E-state index contributed by atoms with van der Waals surface area (Å²) in [5.41, 5.74) is 1.16. The van der Waals surface area contributed by atoms with E-state index in [2.05, 4.69) is 21.1 Å². The summed E-state index contributed by atoms with van der Waals surface area (Å²) in [4.78, 5) is 2.46. The minimum Gasteiger partial charge on any atom is -0.495 e. The van der Waals surface area contributed by atoms with E-state index in [1.165, 1.54) is 26.0 Å². The van der Waals surface area contributed by atoms with Crippen LogP contribution in [0.5, 0.6) is 5.75 Å². The molecule has 2 heterocycles. The molecule has 0 aliphatic carbocycles. The molecule has 0 spiro atoms. The Hall–Kier alpha value is -1.12. The second-order valence-corrected chi connectivity index (χ2v) is 9.62. The third-order valence-corrected chi connectivity index (χ3v) is 7.27. The summed E-state index contributed by atoms with van der Waals surface area (Å²) in [6, 6.07) is 6.71. The summed E-state index contributed by atoms with van der Waals surface area (Å²) in [5, 5.41) is 4.50. The van der Waals surface area contributed by atoms with Crippen LogP contribution in [0.1, 0.15) is 37.3 Å². The molecule has 0 radical (unpaired) electrons. The number of ether oxygens (including phenoxy) is 1. The average Bonchev–Trinajstić information content (AvgIpc) is 3.05. The molecule has 1 fully saturated rings. The lowest BCUT2D eigenvalue weighted by Crippen LogP contribution is -2.38. The number of likely N-dealkylation sites (tertiary alicyclic amines) is 1. The molecule has 1 aromatic heterocycles. The molecule has 1 saturated heterocycles. The molecule has 0 bridgehead atoms. The highest BCUT2D eigenvalue weighted by Crippen LogP contribution is 2.29. The quantitative estimate of drug-likeness (QED) is 0.714. The monoisotopic (exact) mass is 428 g/mol. The van der Waals surface area contributed by atoms with E-state index in [1.54, 1.807) is 23.5 Å². The number of sulfonamides is 1. The second kappa shape index (κ2) is 9.39. The number of nitrogens with zero attached hydrogens (tertiary/aromatic N) is 1. The van der Waals surface area contributed by atoms with Gasteiger partial charge in [-0.2, -0.15) is 11.3 Å². The number of halogens is 1. The molecule has 0 saturated carbocycles. The first-order valence-electron chi connectivity index (χ1n) is 9.10. The Morgan fingerprint density at radius 3 is 2.59 bits per heavy atom. The Labute approximate surface area is 170 Å². The molecule has 1 atom stereocenters. The maximum Gasteiger partial charge on any atom is 0.244 e. The lowest BCUT2D eigenvalue weighted by atomic mass is 10.1. The van der Waals surface area contributed by atoms with Crippen LogP contribution in [0, 0.1) is 0 Å². The molecule has 8 heteroatoms.